The van der Waals surface area contributed by atoms with Crippen molar-refractivity contribution in [3.8, 4) is 5.75 Å². The molecule has 1 aromatic rings. The Balaban J connectivity index is 2.47. The van der Waals surface area contributed by atoms with E-state index in [0.29, 0.717) is 19.0 Å². The third kappa shape index (κ3) is 5.36. The Morgan fingerprint density at radius 2 is 2.05 bits per heavy atom. The van der Waals surface area contributed by atoms with Crippen molar-refractivity contribution in [3.63, 3.8) is 0 Å². The molecule has 0 N–H and O–H groups in total. The molecule has 0 aliphatic rings. The van der Waals surface area contributed by atoms with Gasteiger partial charge in [-0.3, -0.25) is 4.79 Å². The minimum absolute atomic E-state index is 0.124. The van der Waals surface area contributed by atoms with E-state index in [1.54, 1.807) is 0 Å². The summed E-state index contributed by atoms with van der Waals surface area (Å²) in [5.41, 5.74) is 0.187. The summed E-state index contributed by atoms with van der Waals surface area (Å²) in [6.07, 6.45) is 0.127. The molecule has 106 valence electrons. The van der Waals surface area contributed by atoms with Gasteiger partial charge in [-0.2, -0.15) is 0 Å². The first-order valence-electron chi connectivity index (χ1n) is 6.10. The van der Waals surface area contributed by atoms with E-state index in [-0.39, 0.29) is 24.1 Å². The molecule has 0 radical (unpaired) electrons. The number of hydrogen-bond acceptors (Lipinski definition) is 4. The van der Waals surface area contributed by atoms with Crippen LogP contribution in [-0.4, -0.2) is 38.8 Å². The molecule has 4 nitrogen and oxygen atoms in total. The molecule has 0 bridgehead atoms. The molecular weight excluding hydrogens is 251 g/mol. The maximum Gasteiger partial charge on any atom is 0.192 e. The van der Waals surface area contributed by atoms with Gasteiger partial charge in [-0.1, -0.05) is 0 Å². The van der Waals surface area contributed by atoms with Crippen molar-refractivity contribution >= 4 is 5.78 Å². The Morgan fingerprint density at radius 3 is 2.68 bits per heavy atom. The summed E-state index contributed by atoms with van der Waals surface area (Å²) in [4.78, 5) is 11.9. The lowest BCUT2D eigenvalue weighted by atomic mass is 10.1. The lowest BCUT2D eigenvalue weighted by Gasteiger charge is -2.09. The van der Waals surface area contributed by atoms with Crippen LogP contribution in [-0.2, 0) is 9.47 Å². The Morgan fingerprint density at radius 1 is 1.32 bits per heavy atom. The first-order chi connectivity index (χ1) is 9.04. The normalized spacial score (nSPS) is 10.8. The number of methoxy groups -OCH3 is 1. The molecule has 0 saturated carbocycles. The molecule has 0 aromatic heterocycles. The Hall–Kier alpha value is -1.46. The fourth-order valence-corrected chi connectivity index (χ4v) is 1.48. The van der Waals surface area contributed by atoms with Crippen LogP contribution in [0.4, 0.5) is 4.39 Å². The molecule has 0 fully saturated rings. The SMILES string of the molecule is COc1ccc(F)cc1C(=O)COCCOC(C)C. The number of hydrogen-bond donors (Lipinski definition) is 0. The van der Waals surface area contributed by atoms with Crippen LogP contribution in [0.1, 0.15) is 24.2 Å². The predicted octanol–water partition coefficient (Wildman–Crippen LogP) is 2.46. The molecule has 0 aliphatic heterocycles. The van der Waals surface area contributed by atoms with Crippen molar-refractivity contribution in [2.45, 2.75) is 20.0 Å². The zero-order valence-corrected chi connectivity index (χ0v) is 11.4. The van der Waals surface area contributed by atoms with Gasteiger partial charge in [0.2, 0.25) is 0 Å². The first kappa shape index (κ1) is 15.6. The van der Waals surface area contributed by atoms with Gasteiger partial charge in [-0.25, -0.2) is 4.39 Å². The molecule has 0 aliphatic carbocycles. The van der Waals surface area contributed by atoms with Crippen LogP contribution in [0.15, 0.2) is 18.2 Å². The van der Waals surface area contributed by atoms with Crippen molar-refractivity contribution in [1.29, 1.82) is 0 Å². The molecule has 0 saturated heterocycles. The van der Waals surface area contributed by atoms with Gasteiger partial charge in [-0.05, 0) is 32.0 Å². The Bertz CT molecular complexity index is 418. The van der Waals surface area contributed by atoms with E-state index in [2.05, 4.69) is 0 Å². The Kier molecular flexibility index (Phi) is 6.45. The minimum atomic E-state index is -0.479. The number of rotatable bonds is 8. The minimum Gasteiger partial charge on any atom is -0.496 e. The number of Topliss-reactive ketones (excluding diaryl/α,β-unsaturated/α-hetero) is 1. The van der Waals surface area contributed by atoms with Gasteiger partial charge < -0.3 is 14.2 Å². The van der Waals surface area contributed by atoms with Crippen molar-refractivity contribution < 1.29 is 23.4 Å². The summed E-state index contributed by atoms with van der Waals surface area (Å²) < 4.78 is 28.6. The molecular formula is C14H19FO4. The van der Waals surface area contributed by atoms with Crippen LogP contribution in [0, 0.1) is 5.82 Å². The fraction of sp³-hybridized carbons (Fsp3) is 0.500. The molecule has 19 heavy (non-hydrogen) atoms. The van der Waals surface area contributed by atoms with E-state index in [4.69, 9.17) is 14.2 Å². The second-order valence-electron chi connectivity index (χ2n) is 4.24. The van der Waals surface area contributed by atoms with Gasteiger partial charge in [0.1, 0.15) is 18.2 Å². The lowest BCUT2D eigenvalue weighted by Crippen LogP contribution is -2.15. The standard InChI is InChI=1S/C14H19FO4/c1-10(2)19-7-6-18-9-13(16)12-8-11(15)4-5-14(12)17-3/h4-5,8,10H,6-7,9H2,1-3H3. The molecule has 5 heteroatoms. The van der Waals surface area contributed by atoms with Gasteiger partial charge in [-0.15, -0.1) is 0 Å². The second-order valence-corrected chi connectivity index (χ2v) is 4.24. The molecule has 0 unspecified atom stereocenters. The summed E-state index contributed by atoms with van der Waals surface area (Å²) in [6, 6.07) is 3.81. The average molecular weight is 270 g/mol. The van der Waals surface area contributed by atoms with E-state index >= 15 is 0 Å². The average Bonchev–Trinajstić information content (AvgIpc) is 2.37. The summed E-state index contributed by atoms with van der Waals surface area (Å²) in [7, 11) is 1.43. The summed E-state index contributed by atoms with van der Waals surface area (Å²) in [5, 5.41) is 0. The van der Waals surface area contributed by atoms with Crippen LogP contribution in [0.2, 0.25) is 0 Å². The summed E-state index contributed by atoms with van der Waals surface area (Å²) in [5.74, 6) is -0.457. The fourth-order valence-electron chi connectivity index (χ4n) is 1.48. The van der Waals surface area contributed by atoms with Crippen molar-refractivity contribution in [3.05, 3.63) is 29.6 Å². The van der Waals surface area contributed by atoms with Gasteiger partial charge in [0.15, 0.2) is 5.78 Å². The first-order valence-corrected chi connectivity index (χ1v) is 6.10. The van der Waals surface area contributed by atoms with E-state index in [1.165, 1.54) is 19.2 Å². The maximum absolute atomic E-state index is 13.1. The van der Waals surface area contributed by atoms with Crippen LogP contribution in [0.5, 0.6) is 5.75 Å². The van der Waals surface area contributed by atoms with Crippen molar-refractivity contribution in [2.24, 2.45) is 0 Å². The second kappa shape index (κ2) is 7.86. The highest BCUT2D eigenvalue weighted by Crippen LogP contribution is 2.19. The molecule has 0 atom stereocenters. The van der Waals surface area contributed by atoms with Crippen molar-refractivity contribution in [1.82, 2.24) is 0 Å². The van der Waals surface area contributed by atoms with E-state index < -0.39 is 5.82 Å². The van der Waals surface area contributed by atoms with Crippen LogP contribution in [0.25, 0.3) is 0 Å². The zero-order valence-electron chi connectivity index (χ0n) is 11.4. The quantitative estimate of drug-likeness (QED) is 0.537. The third-order valence-corrected chi connectivity index (χ3v) is 2.37. The van der Waals surface area contributed by atoms with Gasteiger partial charge in [0.05, 0.1) is 32.0 Å². The highest BCUT2D eigenvalue weighted by molar-refractivity contribution is 5.99. The predicted molar refractivity (Wildman–Crippen MR) is 69.2 cm³/mol. The van der Waals surface area contributed by atoms with Crippen molar-refractivity contribution in [2.75, 3.05) is 26.9 Å². The van der Waals surface area contributed by atoms with Gasteiger partial charge in [0, 0.05) is 0 Å². The van der Waals surface area contributed by atoms with Crippen LogP contribution in [0.3, 0.4) is 0 Å². The lowest BCUT2D eigenvalue weighted by molar-refractivity contribution is 0.0207. The van der Waals surface area contributed by atoms with E-state index in [1.807, 2.05) is 13.8 Å². The zero-order chi connectivity index (χ0) is 14.3. The molecule has 1 rings (SSSR count). The maximum atomic E-state index is 13.1. The number of carbonyl (C=O) groups excluding carboxylic acids is 1. The monoisotopic (exact) mass is 270 g/mol. The Labute approximate surface area is 112 Å². The highest BCUT2D eigenvalue weighted by atomic mass is 19.1. The molecule has 0 amide bonds. The van der Waals surface area contributed by atoms with Gasteiger partial charge >= 0.3 is 0 Å². The highest BCUT2D eigenvalue weighted by Gasteiger charge is 2.13. The van der Waals surface area contributed by atoms with Crippen LogP contribution < -0.4 is 4.74 Å². The molecule has 1 aromatic carbocycles. The smallest absolute Gasteiger partial charge is 0.192 e. The van der Waals surface area contributed by atoms with E-state index in [0.717, 1.165) is 6.07 Å². The molecule has 0 spiro atoms. The number of ketones is 1. The summed E-state index contributed by atoms with van der Waals surface area (Å²) in [6.45, 7) is 4.46. The third-order valence-electron chi connectivity index (χ3n) is 2.37. The van der Waals surface area contributed by atoms with Crippen LogP contribution >= 0.6 is 0 Å². The number of benzene rings is 1. The largest absolute Gasteiger partial charge is 0.496 e. The topological polar surface area (TPSA) is 44.8 Å². The molecule has 0 heterocycles. The number of ether oxygens (including phenoxy) is 3. The van der Waals surface area contributed by atoms with Gasteiger partial charge in [0.25, 0.3) is 0 Å². The summed E-state index contributed by atoms with van der Waals surface area (Å²) >= 11 is 0. The van der Waals surface area contributed by atoms with E-state index in [9.17, 15) is 9.18 Å². The number of carbonyl (C=O) groups is 1. The number of halogens is 1.